The molecule has 126 valence electrons. The number of H-pyrrole nitrogens is 1. The SMILES string of the molecule is COC(=O)c1ccccc1NC(=O)C(=O)c1c[nH]c2cc(Cl)ccc12. The first kappa shape index (κ1) is 16.7. The van der Waals surface area contributed by atoms with Gasteiger partial charge in [-0.3, -0.25) is 9.59 Å². The molecule has 0 fully saturated rings. The summed E-state index contributed by atoms with van der Waals surface area (Å²) in [6.07, 6.45) is 1.45. The van der Waals surface area contributed by atoms with E-state index in [-0.39, 0.29) is 16.8 Å². The number of hydrogen-bond acceptors (Lipinski definition) is 4. The van der Waals surface area contributed by atoms with Gasteiger partial charge in [-0.15, -0.1) is 0 Å². The Morgan fingerprint density at radius 1 is 1.08 bits per heavy atom. The van der Waals surface area contributed by atoms with E-state index in [9.17, 15) is 14.4 Å². The van der Waals surface area contributed by atoms with Crippen LogP contribution in [-0.4, -0.2) is 29.8 Å². The van der Waals surface area contributed by atoms with Gasteiger partial charge >= 0.3 is 5.97 Å². The summed E-state index contributed by atoms with van der Waals surface area (Å²) in [5.74, 6) is -2.19. The number of halogens is 1. The van der Waals surface area contributed by atoms with Crippen LogP contribution in [0, 0.1) is 0 Å². The van der Waals surface area contributed by atoms with Crippen LogP contribution in [0.1, 0.15) is 20.7 Å². The van der Waals surface area contributed by atoms with E-state index in [0.29, 0.717) is 15.9 Å². The van der Waals surface area contributed by atoms with E-state index in [1.165, 1.54) is 25.4 Å². The van der Waals surface area contributed by atoms with Gasteiger partial charge in [0.2, 0.25) is 0 Å². The maximum atomic E-state index is 12.5. The first-order valence-corrected chi connectivity index (χ1v) is 7.68. The molecule has 1 heterocycles. The van der Waals surface area contributed by atoms with Gasteiger partial charge in [0, 0.05) is 22.1 Å². The van der Waals surface area contributed by atoms with Crippen molar-refractivity contribution in [2.45, 2.75) is 0 Å². The zero-order valence-corrected chi connectivity index (χ0v) is 13.9. The molecule has 0 radical (unpaired) electrons. The minimum absolute atomic E-state index is 0.164. The second kappa shape index (κ2) is 6.78. The zero-order chi connectivity index (χ0) is 18.0. The molecule has 0 unspecified atom stereocenters. The third-order valence-electron chi connectivity index (χ3n) is 3.68. The molecule has 0 aliphatic heterocycles. The molecule has 0 saturated carbocycles. The predicted octanol–water partition coefficient (Wildman–Crippen LogP) is 3.43. The number of ether oxygens (including phenoxy) is 1. The van der Waals surface area contributed by atoms with Crippen molar-refractivity contribution in [2.24, 2.45) is 0 Å². The number of nitrogens with one attached hydrogen (secondary N) is 2. The molecule has 6 nitrogen and oxygen atoms in total. The number of aromatic nitrogens is 1. The molecule has 25 heavy (non-hydrogen) atoms. The average molecular weight is 357 g/mol. The van der Waals surface area contributed by atoms with Crippen molar-refractivity contribution < 1.29 is 19.1 Å². The van der Waals surface area contributed by atoms with E-state index in [4.69, 9.17) is 11.6 Å². The lowest BCUT2D eigenvalue weighted by Gasteiger charge is -2.08. The molecule has 2 aromatic carbocycles. The first-order chi connectivity index (χ1) is 12.0. The Kier molecular flexibility index (Phi) is 4.54. The number of methoxy groups -OCH3 is 1. The van der Waals surface area contributed by atoms with Crippen molar-refractivity contribution in [3.63, 3.8) is 0 Å². The number of esters is 1. The molecular weight excluding hydrogens is 344 g/mol. The molecule has 2 N–H and O–H groups in total. The van der Waals surface area contributed by atoms with E-state index in [1.54, 1.807) is 30.3 Å². The van der Waals surface area contributed by atoms with E-state index in [0.717, 1.165) is 0 Å². The minimum Gasteiger partial charge on any atom is -0.465 e. The van der Waals surface area contributed by atoms with E-state index >= 15 is 0 Å². The van der Waals surface area contributed by atoms with Crippen LogP contribution in [0.2, 0.25) is 5.02 Å². The maximum Gasteiger partial charge on any atom is 0.339 e. The second-order valence-corrected chi connectivity index (χ2v) is 5.65. The Balaban J connectivity index is 1.89. The lowest BCUT2D eigenvalue weighted by molar-refractivity contribution is -0.112. The molecule has 0 spiro atoms. The van der Waals surface area contributed by atoms with Gasteiger partial charge in [0.25, 0.3) is 11.7 Å². The molecule has 0 saturated heterocycles. The standard InChI is InChI=1S/C18H13ClN2O4/c1-25-18(24)12-4-2-3-5-14(12)21-17(23)16(22)13-9-20-15-8-10(19)6-7-11(13)15/h2-9,20H,1H3,(H,21,23). The smallest absolute Gasteiger partial charge is 0.339 e. The van der Waals surface area contributed by atoms with Gasteiger partial charge in [0.15, 0.2) is 0 Å². The summed E-state index contributed by atoms with van der Waals surface area (Å²) < 4.78 is 4.67. The van der Waals surface area contributed by atoms with Crippen LogP contribution in [-0.2, 0) is 9.53 Å². The van der Waals surface area contributed by atoms with Gasteiger partial charge in [0.05, 0.1) is 23.9 Å². The number of amides is 1. The molecule has 1 amide bonds. The molecule has 1 aromatic heterocycles. The number of benzene rings is 2. The summed E-state index contributed by atoms with van der Waals surface area (Å²) in [5.41, 5.74) is 1.24. The number of fused-ring (bicyclic) bond motifs is 1. The average Bonchev–Trinajstić information content (AvgIpc) is 3.03. The van der Waals surface area contributed by atoms with Crippen molar-refractivity contribution in [3.8, 4) is 0 Å². The summed E-state index contributed by atoms with van der Waals surface area (Å²) in [6, 6.07) is 11.3. The van der Waals surface area contributed by atoms with Gasteiger partial charge in [-0.25, -0.2) is 4.79 Å². The Morgan fingerprint density at radius 3 is 2.60 bits per heavy atom. The highest BCUT2D eigenvalue weighted by molar-refractivity contribution is 6.48. The fourth-order valence-corrected chi connectivity index (χ4v) is 2.64. The van der Waals surface area contributed by atoms with Crippen LogP contribution in [0.5, 0.6) is 0 Å². The number of hydrogen-bond donors (Lipinski definition) is 2. The molecular formula is C18H13ClN2O4. The number of carbonyl (C=O) groups excluding carboxylic acids is 3. The van der Waals surface area contributed by atoms with Crippen LogP contribution in [0.25, 0.3) is 10.9 Å². The Hall–Kier alpha value is -3.12. The Labute approximate surface area is 147 Å². The number of ketones is 1. The van der Waals surface area contributed by atoms with Crippen LogP contribution >= 0.6 is 11.6 Å². The number of carbonyl (C=O) groups is 3. The lowest BCUT2D eigenvalue weighted by Crippen LogP contribution is -2.24. The van der Waals surface area contributed by atoms with Crippen LogP contribution in [0.3, 0.4) is 0 Å². The van der Waals surface area contributed by atoms with Crippen LogP contribution in [0.15, 0.2) is 48.7 Å². The van der Waals surface area contributed by atoms with Crippen molar-refractivity contribution >= 4 is 45.9 Å². The normalized spacial score (nSPS) is 10.5. The summed E-state index contributed by atoms with van der Waals surface area (Å²) >= 11 is 5.91. The highest BCUT2D eigenvalue weighted by atomic mass is 35.5. The molecule has 0 aliphatic carbocycles. The summed E-state index contributed by atoms with van der Waals surface area (Å²) in [5, 5.41) is 3.57. The third kappa shape index (κ3) is 3.25. The Bertz CT molecular complexity index is 994. The van der Waals surface area contributed by atoms with Gasteiger partial charge in [-0.2, -0.15) is 0 Å². The third-order valence-corrected chi connectivity index (χ3v) is 3.91. The molecule has 0 atom stereocenters. The molecule has 3 aromatic rings. The topological polar surface area (TPSA) is 88.3 Å². The number of rotatable bonds is 4. The lowest BCUT2D eigenvalue weighted by atomic mass is 10.1. The monoisotopic (exact) mass is 356 g/mol. The molecule has 3 rings (SSSR count). The first-order valence-electron chi connectivity index (χ1n) is 7.31. The minimum atomic E-state index is -0.854. The Morgan fingerprint density at radius 2 is 1.84 bits per heavy atom. The van der Waals surface area contributed by atoms with Crippen LogP contribution in [0.4, 0.5) is 5.69 Å². The highest BCUT2D eigenvalue weighted by Gasteiger charge is 2.22. The number of Topliss-reactive ketones (excluding diaryl/α,β-unsaturated/α-hetero) is 1. The largest absolute Gasteiger partial charge is 0.465 e. The van der Waals surface area contributed by atoms with E-state index in [2.05, 4.69) is 15.0 Å². The van der Waals surface area contributed by atoms with Crippen LogP contribution < -0.4 is 5.32 Å². The number of anilines is 1. The molecule has 7 heteroatoms. The van der Waals surface area contributed by atoms with Gasteiger partial charge in [-0.1, -0.05) is 29.8 Å². The van der Waals surface area contributed by atoms with E-state index in [1.807, 2.05) is 0 Å². The molecule has 0 bridgehead atoms. The highest BCUT2D eigenvalue weighted by Crippen LogP contribution is 2.23. The van der Waals surface area contributed by atoms with Gasteiger partial charge in [0.1, 0.15) is 0 Å². The quantitative estimate of drug-likeness (QED) is 0.426. The molecule has 0 aliphatic rings. The summed E-state index contributed by atoms with van der Waals surface area (Å²) in [7, 11) is 1.24. The predicted molar refractivity (Wildman–Crippen MR) is 94.1 cm³/mol. The fourth-order valence-electron chi connectivity index (χ4n) is 2.47. The van der Waals surface area contributed by atoms with Gasteiger partial charge < -0.3 is 15.0 Å². The van der Waals surface area contributed by atoms with E-state index < -0.39 is 17.7 Å². The number of para-hydroxylation sites is 1. The maximum absolute atomic E-state index is 12.5. The second-order valence-electron chi connectivity index (χ2n) is 5.21. The van der Waals surface area contributed by atoms with Gasteiger partial charge in [-0.05, 0) is 24.3 Å². The zero-order valence-electron chi connectivity index (χ0n) is 13.1. The van der Waals surface area contributed by atoms with Crippen molar-refractivity contribution in [2.75, 3.05) is 12.4 Å². The van der Waals surface area contributed by atoms with Crippen molar-refractivity contribution in [1.82, 2.24) is 4.98 Å². The summed E-state index contributed by atoms with van der Waals surface area (Å²) in [4.78, 5) is 39.5. The van der Waals surface area contributed by atoms with Crippen molar-refractivity contribution in [1.29, 1.82) is 0 Å². The van der Waals surface area contributed by atoms with Crippen molar-refractivity contribution in [3.05, 3.63) is 64.8 Å². The fraction of sp³-hybridized carbons (Fsp3) is 0.0556. The summed E-state index contributed by atoms with van der Waals surface area (Å²) in [6.45, 7) is 0. The number of aromatic amines is 1.